The summed E-state index contributed by atoms with van der Waals surface area (Å²) in [5, 5.41) is 18.6. The van der Waals surface area contributed by atoms with Crippen molar-refractivity contribution in [3.8, 4) is 0 Å². The number of halogens is 6. The zero-order chi connectivity index (χ0) is 27.7. The molecule has 16 heteroatoms. The van der Waals surface area contributed by atoms with Gasteiger partial charge in [0.2, 0.25) is 0 Å². The van der Waals surface area contributed by atoms with Crippen LogP contribution in [-0.2, 0) is 20.9 Å². The molecule has 206 valence electrons. The summed E-state index contributed by atoms with van der Waals surface area (Å²) < 4.78 is 69.8. The number of rotatable bonds is 3. The van der Waals surface area contributed by atoms with Gasteiger partial charge >= 0.3 is 24.3 Å². The van der Waals surface area contributed by atoms with Gasteiger partial charge in [0.1, 0.15) is 5.82 Å². The molecule has 1 atom stereocenters. The molecule has 0 aromatic carbocycles. The summed E-state index contributed by atoms with van der Waals surface area (Å²) in [6.45, 7) is 5.81. The van der Waals surface area contributed by atoms with Gasteiger partial charge in [-0.05, 0) is 35.2 Å². The van der Waals surface area contributed by atoms with Gasteiger partial charge in [-0.25, -0.2) is 14.6 Å². The molecule has 2 fully saturated rings. The van der Waals surface area contributed by atoms with E-state index < -0.39 is 24.3 Å². The first-order chi connectivity index (χ1) is 17.2. The minimum atomic E-state index is -5.08. The second-order valence-corrected chi connectivity index (χ2v) is 8.85. The van der Waals surface area contributed by atoms with E-state index in [1.54, 1.807) is 23.7 Å². The molecule has 2 saturated heterocycles. The highest BCUT2D eigenvalue weighted by atomic mass is 32.1. The van der Waals surface area contributed by atoms with E-state index in [1.807, 2.05) is 6.20 Å². The molecular formula is C21H24F6N4O5S. The van der Waals surface area contributed by atoms with Crippen LogP contribution < -0.4 is 4.90 Å². The van der Waals surface area contributed by atoms with E-state index in [0.717, 1.165) is 58.0 Å². The molecule has 0 bridgehead atoms. The number of carbonyl (C=O) groups is 2. The molecule has 1 unspecified atom stereocenters. The van der Waals surface area contributed by atoms with Gasteiger partial charge < -0.3 is 19.8 Å². The quantitative estimate of drug-likeness (QED) is 0.545. The number of piperidine rings is 1. The van der Waals surface area contributed by atoms with Crippen LogP contribution in [0.25, 0.3) is 0 Å². The number of ether oxygens (including phenoxy) is 1. The van der Waals surface area contributed by atoms with Crippen LogP contribution in [-0.4, -0.2) is 87.8 Å². The molecule has 37 heavy (non-hydrogen) atoms. The zero-order valence-corrected chi connectivity index (χ0v) is 20.0. The molecule has 2 aliphatic rings. The van der Waals surface area contributed by atoms with E-state index in [4.69, 9.17) is 24.5 Å². The molecule has 2 aromatic rings. The van der Waals surface area contributed by atoms with Gasteiger partial charge in [0.25, 0.3) is 0 Å². The van der Waals surface area contributed by atoms with Gasteiger partial charge in [0.05, 0.1) is 18.4 Å². The molecule has 9 nitrogen and oxygen atoms in total. The molecule has 0 amide bonds. The smallest absolute Gasteiger partial charge is 0.475 e. The van der Waals surface area contributed by atoms with Crippen LogP contribution in [0.1, 0.15) is 18.4 Å². The van der Waals surface area contributed by atoms with Gasteiger partial charge in [-0.2, -0.15) is 37.7 Å². The van der Waals surface area contributed by atoms with Crippen LogP contribution in [0.3, 0.4) is 0 Å². The highest BCUT2D eigenvalue weighted by Gasteiger charge is 2.41. The molecule has 4 rings (SSSR count). The Morgan fingerprint density at radius 2 is 1.70 bits per heavy atom. The Morgan fingerprint density at radius 3 is 2.22 bits per heavy atom. The molecule has 0 radical (unpaired) electrons. The van der Waals surface area contributed by atoms with Crippen LogP contribution in [0.15, 0.2) is 35.4 Å². The second kappa shape index (κ2) is 13.0. The van der Waals surface area contributed by atoms with Crippen molar-refractivity contribution in [1.82, 2.24) is 14.9 Å². The Bertz CT molecular complexity index is 966. The number of anilines is 1. The third kappa shape index (κ3) is 10.1. The summed E-state index contributed by atoms with van der Waals surface area (Å²) in [6, 6.07) is 2.22. The van der Waals surface area contributed by atoms with Crippen molar-refractivity contribution in [2.45, 2.75) is 37.3 Å². The summed E-state index contributed by atoms with van der Waals surface area (Å²) in [5.74, 6) is -4.55. The van der Waals surface area contributed by atoms with E-state index in [9.17, 15) is 26.3 Å². The van der Waals surface area contributed by atoms with Crippen LogP contribution in [0.4, 0.5) is 32.2 Å². The van der Waals surface area contributed by atoms with E-state index >= 15 is 0 Å². The number of carboxylic acids is 2. The fourth-order valence-electron chi connectivity index (χ4n) is 3.69. The number of morpholine rings is 1. The fraction of sp³-hybridized carbons (Fsp3) is 0.524. The number of aliphatic carboxylic acids is 2. The minimum absolute atomic E-state index is 0.0654. The number of aromatic nitrogens is 2. The summed E-state index contributed by atoms with van der Waals surface area (Å²) in [7, 11) is 0. The van der Waals surface area contributed by atoms with E-state index in [0.29, 0.717) is 0 Å². The number of nitrogens with zero attached hydrogens (tertiary/aromatic N) is 4. The summed E-state index contributed by atoms with van der Waals surface area (Å²) in [6.07, 6.45) is -2.55. The lowest BCUT2D eigenvalue weighted by Gasteiger charge is -2.48. The van der Waals surface area contributed by atoms with Crippen LogP contribution in [0.5, 0.6) is 0 Å². The predicted molar refractivity (Wildman–Crippen MR) is 119 cm³/mol. The Balaban J connectivity index is 0.000000286. The SMILES string of the molecule is O=C(O)C(F)(F)F.O=C(O)C(F)(F)F.c1cnc(N2CCCC3(CN(Cc4ccsc4)CCO3)C2)cn1. The van der Waals surface area contributed by atoms with Crippen molar-refractivity contribution in [1.29, 1.82) is 0 Å². The molecule has 0 aliphatic carbocycles. The van der Waals surface area contributed by atoms with Gasteiger partial charge in [-0.1, -0.05) is 0 Å². The third-order valence-corrected chi connectivity index (χ3v) is 5.94. The molecule has 2 aromatic heterocycles. The monoisotopic (exact) mass is 558 g/mol. The lowest BCUT2D eigenvalue weighted by molar-refractivity contribution is -0.193. The maximum absolute atomic E-state index is 10.6. The van der Waals surface area contributed by atoms with Crippen molar-refractivity contribution in [2.24, 2.45) is 0 Å². The van der Waals surface area contributed by atoms with E-state index in [1.165, 1.54) is 5.56 Å². The van der Waals surface area contributed by atoms with Crippen LogP contribution in [0, 0.1) is 0 Å². The Labute approximate surface area is 211 Å². The second-order valence-electron chi connectivity index (χ2n) is 8.07. The first-order valence-corrected chi connectivity index (χ1v) is 11.6. The lowest BCUT2D eigenvalue weighted by Crippen LogP contribution is -2.59. The van der Waals surface area contributed by atoms with Gasteiger partial charge in [-0.3, -0.25) is 9.88 Å². The molecule has 1 spiro atoms. The van der Waals surface area contributed by atoms with Crippen molar-refractivity contribution >= 4 is 29.1 Å². The van der Waals surface area contributed by atoms with Gasteiger partial charge in [-0.15, -0.1) is 0 Å². The van der Waals surface area contributed by atoms with E-state index in [-0.39, 0.29) is 5.60 Å². The molecule has 4 heterocycles. The number of thiophene rings is 1. The number of hydrogen-bond donors (Lipinski definition) is 2. The molecule has 0 saturated carbocycles. The Morgan fingerprint density at radius 1 is 1.05 bits per heavy atom. The average Bonchev–Trinajstić information content (AvgIpc) is 3.32. The average molecular weight is 559 g/mol. The summed E-state index contributed by atoms with van der Waals surface area (Å²) in [5.41, 5.74) is 1.35. The summed E-state index contributed by atoms with van der Waals surface area (Å²) in [4.78, 5) is 31.3. The van der Waals surface area contributed by atoms with E-state index in [2.05, 4.69) is 36.6 Å². The fourth-order valence-corrected chi connectivity index (χ4v) is 4.35. The summed E-state index contributed by atoms with van der Waals surface area (Å²) >= 11 is 1.77. The highest BCUT2D eigenvalue weighted by Crippen LogP contribution is 2.31. The molecule has 2 N–H and O–H groups in total. The van der Waals surface area contributed by atoms with Crippen molar-refractivity contribution < 1.29 is 50.9 Å². The maximum atomic E-state index is 10.6. The number of hydrogen-bond acceptors (Lipinski definition) is 8. The maximum Gasteiger partial charge on any atom is 0.490 e. The Kier molecular flexibility index (Phi) is 10.6. The molecule has 2 aliphatic heterocycles. The predicted octanol–water partition coefficient (Wildman–Crippen LogP) is 3.68. The van der Waals surface area contributed by atoms with Crippen LogP contribution >= 0.6 is 11.3 Å². The lowest BCUT2D eigenvalue weighted by atomic mass is 9.90. The zero-order valence-electron chi connectivity index (χ0n) is 19.2. The Hall–Kier alpha value is -2.98. The standard InChI is InChI=1S/C17H22N4OS.2C2HF3O2/c1-3-17(14-21(6-1)16-10-18-4-5-19-16)13-20(7-8-22-17)11-15-2-9-23-12-15;2*3-2(4,5)1(6)7/h2,4-5,9-10,12H,1,3,6-8,11,13-14H2;2*(H,6,7). The number of carboxylic acid groups (broad SMARTS) is 2. The van der Waals surface area contributed by atoms with Crippen molar-refractivity contribution in [3.63, 3.8) is 0 Å². The normalized spacial score (nSPS) is 20.3. The van der Waals surface area contributed by atoms with Crippen LogP contribution in [0.2, 0.25) is 0 Å². The van der Waals surface area contributed by atoms with Crippen molar-refractivity contribution in [2.75, 3.05) is 37.7 Å². The first-order valence-electron chi connectivity index (χ1n) is 10.7. The minimum Gasteiger partial charge on any atom is -0.475 e. The van der Waals surface area contributed by atoms with Gasteiger partial charge in [0.15, 0.2) is 0 Å². The first kappa shape index (κ1) is 30.2. The topological polar surface area (TPSA) is 116 Å². The third-order valence-electron chi connectivity index (χ3n) is 5.21. The highest BCUT2D eigenvalue weighted by molar-refractivity contribution is 7.07. The van der Waals surface area contributed by atoms with Gasteiger partial charge in [0, 0.05) is 45.1 Å². The van der Waals surface area contributed by atoms with Crippen molar-refractivity contribution in [3.05, 3.63) is 41.0 Å². The molecular weight excluding hydrogens is 534 g/mol. The number of alkyl halides is 6. The largest absolute Gasteiger partial charge is 0.490 e.